The molecule has 1 aromatic heterocycles. The number of aromatic nitrogens is 2. The Bertz CT molecular complexity index is 1100. The topological polar surface area (TPSA) is 93.1 Å². The number of para-hydroxylation sites is 2. The van der Waals surface area contributed by atoms with Crippen LogP contribution in [0.2, 0.25) is 0 Å². The van der Waals surface area contributed by atoms with E-state index in [1.165, 1.54) is 18.2 Å². The number of rotatable bonds is 5. The number of nitrogens with zero attached hydrogens (tertiary/aromatic N) is 2. The molecule has 0 fully saturated rings. The van der Waals surface area contributed by atoms with E-state index in [1.54, 1.807) is 37.3 Å². The quantitative estimate of drug-likeness (QED) is 0.507. The van der Waals surface area contributed by atoms with Crippen molar-refractivity contribution in [3.8, 4) is 5.69 Å². The molecule has 0 saturated carbocycles. The number of benzene rings is 2. The molecule has 0 aliphatic rings. The van der Waals surface area contributed by atoms with E-state index in [-0.39, 0.29) is 16.6 Å². The molecule has 28 heavy (non-hydrogen) atoms. The summed E-state index contributed by atoms with van der Waals surface area (Å²) in [4.78, 5) is 40.8. The molecular formula is C19H17FN4O3S. The highest BCUT2D eigenvalue weighted by atomic mass is 32.2. The van der Waals surface area contributed by atoms with Crippen LogP contribution in [-0.2, 0) is 4.79 Å². The van der Waals surface area contributed by atoms with Gasteiger partial charge in [-0.1, -0.05) is 36.0 Å². The molecular weight excluding hydrogens is 383 g/mol. The number of halogens is 1. The van der Waals surface area contributed by atoms with Gasteiger partial charge in [0.25, 0.3) is 5.56 Å². The molecule has 2 aromatic carbocycles. The average Bonchev–Trinajstić information content (AvgIpc) is 2.67. The molecule has 9 heteroatoms. The summed E-state index contributed by atoms with van der Waals surface area (Å²) in [6, 6.07) is 11.9. The molecule has 1 heterocycles. The summed E-state index contributed by atoms with van der Waals surface area (Å²) in [5.41, 5.74) is 0.0337. The van der Waals surface area contributed by atoms with Crippen LogP contribution in [0.1, 0.15) is 6.92 Å². The molecule has 0 aliphatic heterocycles. The highest BCUT2D eigenvalue weighted by Crippen LogP contribution is 2.22. The lowest BCUT2D eigenvalue weighted by atomic mass is 10.2. The van der Waals surface area contributed by atoms with Gasteiger partial charge in [-0.25, -0.2) is 14.2 Å². The van der Waals surface area contributed by atoms with E-state index in [1.807, 2.05) is 0 Å². The maximum absolute atomic E-state index is 14.4. The van der Waals surface area contributed by atoms with Gasteiger partial charge < -0.3 is 5.32 Å². The zero-order valence-corrected chi connectivity index (χ0v) is 15.8. The molecule has 0 atom stereocenters. The van der Waals surface area contributed by atoms with Gasteiger partial charge in [0.15, 0.2) is 5.16 Å². The Morgan fingerprint density at radius 3 is 2.61 bits per heavy atom. The van der Waals surface area contributed by atoms with Crippen molar-refractivity contribution in [1.29, 1.82) is 0 Å². The standard InChI is InChI=1S/C19H17FN4O3S/c1-2-21-18(27)23-16(25)11-28-19-22-14-9-5-3-7-12(14)17(26)24(19)15-10-6-4-8-13(15)20/h3-10H,2,11H2,1H3,(H2,21,23,25,27). The first-order valence-corrected chi connectivity index (χ1v) is 9.47. The highest BCUT2D eigenvalue weighted by molar-refractivity contribution is 7.99. The number of amides is 3. The van der Waals surface area contributed by atoms with Gasteiger partial charge in [-0.15, -0.1) is 0 Å². The minimum Gasteiger partial charge on any atom is -0.338 e. The summed E-state index contributed by atoms with van der Waals surface area (Å²) >= 11 is 0.941. The third kappa shape index (κ3) is 4.20. The minimum atomic E-state index is -0.605. The van der Waals surface area contributed by atoms with Crippen LogP contribution in [0.15, 0.2) is 58.5 Å². The normalized spacial score (nSPS) is 10.6. The minimum absolute atomic E-state index is 0.0392. The van der Waals surface area contributed by atoms with Gasteiger partial charge in [0.2, 0.25) is 5.91 Å². The van der Waals surface area contributed by atoms with Gasteiger partial charge in [0.05, 0.1) is 22.3 Å². The lowest BCUT2D eigenvalue weighted by Gasteiger charge is -2.13. The zero-order valence-electron chi connectivity index (χ0n) is 14.9. The van der Waals surface area contributed by atoms with Crippen molar-refractivity contribution < 1.29 is 14.0 Å². The Kier molecular flexibility index (Phi) is 6.05. The molecule has 0 spiro atoms. The van der Waals surface area contributed by atoms with Crippen LogP contribution in [0.5, 0.6) is 0 Å². The maximum atomic E-state index is 14.4. The van der Waals surface area contributed by atoms with Gasteiger partial charge in [0.1, 0.15) is 5.82 Å². The lowest BCUT2D eigenvalue weighted by Crippen LogP contribution is -2.40. The molecule has 3 rings (SSSR count). The SMILES string of the molecule is CCNC(=O)NC(=O)CSc1nc2ccccc2c(=O)n1-c1ccccc1F. The number of urea groups is 1. The molecule has 2 N–H and O–H groups in total. The summed E-state index contributed by atoms with van der Waals surface area (Å²) in [6.07, 6.45) is 0. The lowest BCUT2D eigenvalue weighted by molar-refractivity contribution is -0.117. The van der Waals surface area contributed by atoms with Crippen LogP contribution in [0.3, 0.4) is 0 Å². The zero-order chi connectivity index (χ0) is 20.1. The number of carbonyl (C=O) groups is 2. The number of fused-ring (bicyclic) bond motifs is 1. The molecule has 0 unspecified atom stereocenters. The van der Waals surface area contributed by atoms with Gasteiger partial charge in [-0.3, -0.25) is 19.5 Å². The molecule has 0 saturated heterocycles. The van der Waals surface area contributed by atoms with E-state index in [9.17, 15) is 18.8 Å². The number of hydrogen-bond acceptors (Lipinski definition) is 5. The Morgan fingerprint density at radius 1 is 1.14 bits per heavy atom. The van der Waals surface area contributed by atoms with Crippen LogP contribution in [0.25, 0.3) is 16.6 Å². The first kappa shape index (κ1) is 19.6. The third-order valence-electron chi connectivity index (χ3n) is 3.76. The smallest absolute Gasteiger partial charge is 0.321 e. The average molecular weight is 400 g/mol. The van der Waals surface area contributed by atoms with Crippen molar-refractivity contribution in [2.45, 2.75) is 12.1 Å². The molecule has 7 nitrogen and oxygen atoms in total. The van der Waals surface area contributed by atoms with Crippen LogP contribution in [0.4, 0.5) is 9.18 Å². The summed E-state index contributed by atoms with van der Waals surface area (Å²) in [6.45, 7) is 2.11. The Morgan fingerprint density at radius 2 is 1.86 bits per heavy atom. The summed E-state index contributed by atoms with van der Waals surface area (Å²) in [5, 5.41) is 5.11. The molecule has 0 bridgehead atoms. The van der Waals surface area contributed by atoms with E-state index in [0.29, 0.717) is 17.4 Å². The fourth-order valence-corrected chi connectivity index (χ4v) is 3.36. The second kappa shape index (κ2) is 8.66. The Hall–Kier alpha value is -3.20. The van der Waals surface area contributed by atoms with Crippen LogP contribution >= 0.6 is 11.8 Å². The predicted octanol–water partition coefficient (Wildman–Crippen LogP) is 2.46. The first-order valence-electron chi connectivity index (χ1n) is 8.48. The first-order chi connectivity index (χ1) is 13.5. The van der Waals surface area contributed by atoms with Crippen LogP contribution in [-0.4, -0.2) is 33.8 Å². The molecule has 3 amide bonds. The van der Waals surface area contributed by atoms with E-state index >= 15 is 0 Å². The van der Waals surface area contributed by atoms with Gasteiger partial charge in [-0.2, -0.15) is 0 Å². The van der Waals surface area contributed by atoms with Gasteiger partial charge >= 0.3 is 6.03 Å². The van der Waals surface area contributed by atoms with Crippen molar-refractivity contribution in [2.75, 3.05) is 12.3 Å². The van der Waals surface area contributed by atoms with Crippen molar-refractivity contribution in [3.63, 3.8) is 0 Å². The van der Waals surface area contributed by atoms with E-state index in [2.05, 4.69) is 15.6 Å². The third-order valence-corrected chi connectivity index (χ3v) is 4.70. The van der Waals surface area contributed by atoms with Crippen LogP contribution < -0.4 is 16.2 Å². The largest absolute Gasteiger partial charge is 0.338 e. The van der Waals surface area contributed by atoms with Gasteiger partial charge in [0, 0.05) is 6.54 Å². The molecule has 144 valence electrons. The second-order valence-corrected chi connectivity index (χ2v) is 6.64. The number of hydrogen-bond donors (Lipinski definition) is 2. The Labute approximate surface area is 164 Å². The second-order valence-electron chi connectivity index (χ2n) is 5.70. The Balaban J connectivity index is 2.00. The predicted molar refractivity (Wildman–Crippen MR) is 105 cm³/mol. The fraction of sp³-hybridized carbons (Fsp3) is 0.158. The van der Waals surface area contributed by atoms with Crippen molar-refractivity contribution in [3.05, 3.63) is 64.7 Å². The van der Waals surface area contributed by atoms with Crippen molar-refractivity contribution >= 4 is 34.6 Å². The van der Waals surface area contributed by atoms with E-state index in [0.717, 1.165) is 16.3 Å². The van der Waals surface area contributed by atoms with E-state index in [4.69, 9.17) is 0 Å². The fourth-order valence-electron chi connectivity index (χ4n) is 2.55. The van der Waals surface area contributed by atoms with Crippen molar-refractivity contribution in [1.82, 2.24) is 20.2 Å². The number of carbonyl (C=O) groups excluding carboxylic acids is 2. The highest BCUT2D eigenvalue weighted by Gasteiger charge is 2.17. The van der Waals surface area contributed by atoms with Crippen molar-refractivity contribution in [2.24, 2.45) is 0 Å². The molecule has 0 radical (unpaired) electrons. The monoisotopic (exact) mass is 400 g/mol. The molecule has 0 aliphatic carbocycles. The van der Waals surface area contributed by atoms with E-state index < -0.39 is 23.3 Å². The molecule has 3 aromatic rings. The maximum Gasteiger partial charge on any atom is 0.321 e. The van der Waals surface area contributed by atoms with Crippen LogP contribution in [0, 0.1) is 5.82 Å². The number of imide groups is 1. The number of nitrogens with one attached hydrogen (secondary N) is 2. The summed E-state index contributed by atoms with van der Waals surface area (Å²) < 4.78 is 15.5. The number of thioether (sulfide) groups is 1. The van der Waals surface area contributed by atoms with Gasteiger partial charge in [-0.05, 0) is 31.2 Å². The summed E-state index contributed by atoms with van der Waals surface area (Å²) in [7, 11) is 0. The summed E-state index contributed by atoms with van der Waals surface area (Å²) in [5.74, 6) is -1.31.